The lowest BCUT2D eigenvalue weighted by molar-refractivity contribution is 0.126. The van der Waals surface area contributed by atoms with Gasteiger partial charge in [0, 0.05) is 19.7 Å². The highest BCUT2D eigenvalue weighted by Gasteiger charge is 2.36. The number of ether oxygens (including phenoxy) is 1. The third kappa shape index (κ3) is 3.04. The molecule has 1 saturated heterocycles. The molecule has 0 radical (unpaired) electrons. The van der Waals surface area contributed by atoms with Gasteiger partial charge in [0.15, 0.2) is 0 Å². The van der Waals surface area contributed by atoms with Crippen molar-refractivity contribution >= 4 is 10.0 Å². The lowest BCUT2D eigenvalue weighted by atomic mass is 10.0. The minimum Gasteiger partial charge on any atom is -0.377 e. The van der Waals surface area contributed by atoms with Crippen LogP contribution in [0.4, 0.5) is 0 Å². The molecule has 2 aliphatic rings. The summed E-state index contributed by atoms with van der Waals surface area (Å²) in [6.45, 7) is 1.27. The Balaban J connectivity index is 1.99. The molecule has 0 aromatic rings. The second kappa shape index (κ2) is 5.86. The summed E-state index contributed by atoms with van der Waals surface area (Å²) >= 11 is 0. The quantitative estimate of drug-likeness (QED) is 0.796. The van der Waals surface area contributed by atoms with Gasteiger partial charge >= 0.3 is 0 Å². The molecule has 0 bridgehead atoms. The van der Waals surface area contributed by atoms with Crippen LogP contribution in [0.5, 0.6) is 0 Å². The highest BCUT2D eigenvalue weighted by molar-refractivity contribution is 7.89. The number of hydrogen-bond acceptors (Lipinski definition) is 4. The topological polar surface area (TPSA) is 72.6 Å². The number of sulfonamides is 1. The molecule has 1 saturated carbocycles. The fourth-order valence-corrected chi connectivity index (χ4v) is 4.76. The minimum absolute atomic E-state index is 0.0846. The average Bonchev–Trinajstić information content (AvgIpc) is 2.97. The Bertz CT molecular complexity index is 366. The van der Waals surface area contributed by atoms with Crippen molar-refractivity contribution in [2.24, 2.45) is 11.7 Å². The van der Waals surface area contributed by atoms with Gasteiger partial charge in [-0.05, 0) is 38.1 Å². The summed E-state index contributed by atoms with van der Waals surface area (Å²) in [6.07, 6.45) is 4.77. The number of rotatable bonds is 5. The molecule has 2 rings (SSSR count). The molecule has 106 valence electrons. The van der Waals surface area contributed by atoms with Crippen molar-refractivity contribution in [3.63, 3.8) is 0 Å². The van der Waals surface area contributed by atoms with E-state index >= 15 is 0 Å². The monoisotopic (exact) mass is 276 g/mol. The number of nitrogens with zero attached hydrogens (tertiary/aromatic N) is 1. The minimum atomic E-state index is -3.22. The fourth-order valence-electron chi connectivity index (χ4n) is 3.11. The average molecular weight is 276 g/mol. The lowest BCUT2D eigenvalue weighted by Gasteiger charge is -2.29. The maximum absolute atomic E-state index is 12.3. The Hall–Kier alpha value is -0.170. The van der Waals surface area contributed by atoms with Crippen molar-refractivity contribution in [2.75, 3.05) is 26.0 Å². The first-order chi connectivity index (χ1) is 8.54. The van der Waals surface area contributed by atoms with Gasteiger partial charge < -0.3 is 10.5 Å². The van der Waals surface area contributed by atoms with Crippen LogP contribution in [-0.2, 0) is 14.8 Å². The van der Waals surface area contributed by atoms with Gasteiger partial charge in [0.25, 0.3) is 0 Å². The fraction of sp³-hybridized carbons (Fsp3) is 1.00. The van der Waals surface area contributed by atoms with Crippen molar-refractivity contribution in [1.29, 1.82) is 0 Å². The van der Waals surface area contributed by atoms with Crippen LogP contribution in [0, 0.1) is 5.92 Å². The Kier molecular flexibility index (Phi) is 4.64. The van der Waals surface area contributed by atoms with E-state index in [0.29, 0.717) is 19.1 Å². The summed E-state index contributed by atoms with van der Waals surface area (Å²) in [7, 11) is -1.52. The predicted molar refractivity (Wildman–Crippen MR) is 70.7 cm³/mol. The largest absolute Gasteiger partial charge is 0.377 e. The Morgan fingerprint density at radius 1 is 1.28 bits per heavy atom. The Labute approximate surface area is 110 Å². The molecule has 2 N–H and O–H groups in total. The van der Waals surface area contributed by atoms with E-state index in [1.54, 1.807) is 11.4 Å². The molecule has 0 spiro atoms. The number of hydrogen-bond donors (Lipinski definition) is 1. The summed E-state index contributed by atoms with van der Waals surface area (Å²) in [5.74, 6) is 0.436. The van der Waals surface area contributed by atoms with Crippen molar-refractivity contribution < 1.29 is 13.2 Å². The summed E-state index contributed by atoms with van der Waals surface area (Å²) in [5, 5.41) is 0. The van der Waals surface area contributed by atoms with Crippen LogP contribution in [0.2, 0.25) is 0 Å². The molecule has 5 nitrogen and oxygen atoms in total. The molecule has 1 heterocycles. The Morgan fingerprint density at radius 2 is 2.06 bits per heavy atom. The first-order valence-corrected chi connectivity index (χ1v) is 8.43. The van der Waals surface area contributed by atoms with Crippen LogP contribution in [0.3, 0.4) is 0 Å². The maximum atomic E-state index is 12.3. The maximum Gasteiger partial charge on any atom is 0.216 e. The third-order valence-corrected chi connectivity index (χ3v) is 6.19. The second-order valence-electron chi connectivity index (χ2n) is 5.42. The first-order valence-electron chi connectivity index (χ1n) is 6.82. The smallest absolute Gasteiger partial charge is 0.216 e. The summed E-state index contributed by atoms with van der Waals surface area (Å²) in [5.41, 5.74) is 5.72. The summed E-state index contributed by atoms with van der Waals surface area (Å²) in [6, 6.07) is 0.0846. The molecular weight excluding hydrogens is 252 g/mol. The molecule has 3 unspecified atom stereocenters. The highest BCUT2D eigenvalue weighted by atomic mass is 32.2. The third-order valence-electron chi connectivity index (χ3n) is 4.25. The van der Waals surface area contributed by atoms with Crippen LogP contribution in [0.15, 0.2) is 0 Å². The van der Waals surface area contributed by atoms with Gasteiger partial charge in [-0.2, -0.15) is 0 Å². The molecule has 1 aliphatic carbocycles. The first kappa shape index (κ1) is 14.2. The second-order valence-corrected chi connectivity index (χ2v) is 7.50. The number of nitrogens with two attached hydrogens (primary N) is 1. The standard InChI is InChI=1S/C12H24N2O3S/c1-14(12-6-2-4-10(12)8-13)18(15,16)9-11-5-3-7-17-11/h10-12H,2-9,13H2,1H3. The van der Waals surface area contributed by atoms with Gasteiger partial charge in [0.1, 0.15) is 0 Å². The van der Waals surface area contributed by atoms with Gasteiger partial charge in [0.2, 0.25) is 10.0 Å². The predicted octanol–water partition coefficient (Wildman–Crippen LogP) is 0.554. The van der Waals surface area contributed by atoms with Gasteiger partial charge in [-0.15, -0.1) is 0 Å². The summed E-state index contributed by atoms with van der Waals surface area (Å²) < 4.78 is 31.7. The molecule has 2 fully saturated rings. The van der Waals surface area contributed by atoms with Crippen LogP contribution in [0.25, 0.3) is 0 Å². The molecule has 0 aromatic carbocycles. The zero-order valence-corrected chi connectivity index (χ0v) is 11.9. The molecular formula is C12H24N2O3S. The van der Waals surface area contributed by atoms with Crippen LogP contribution >= 0.6 is 0 Å². The highest BCUT2D eigenvalue weighted by Crippen LogP contribution is 2.30. The summed E-state index contributed by atoms with van der Waals surface area (Å²) in [4.78, 5) is 0. The van der Waals surface area contributed by atoms with E-state index in [1.807, 2.05) is 0 Å². The van der Waals surface area contributed by atoms with E-state index in [2.05, 4.69) is 0 Å². The molecule has 0 amide bonds. The lowest BCUT2D eigenvalue weighted by Crippen LogP contribution is -2.44. The SMILES string of the molecule is CN(C1CCCC1CN)S(=O)(=O)CC1CCCO1. The van der Waals surface area contributed by atoms with E-state index < -0.39 is 10.0 Å². The molecule has 6 heteroatoms. The van der Waals surface area contributed by atoms with E-state index in [-0.39, 0.29) is 17.9 Å². The van der Waals surface area contributed by atoms with Crippen LogP contribution in [0.1, 0.15) is 32.1 Å². The van der Waals surface area contributed by atoms with E-state index in [1.165, 1.54) is 0 Å². The van der Waals surface area contributed by atoms with Gasteiger partial charge in [-0.1, -0.05) is 6.42 Å². The normalized spacial score (nSPS) is 33.4. The van der Waals surface area contributed by atoms with Gasteiger partial charge in [-0.25, -0.2) is 12.7 Å². The molecule has 0 aromatic heterocycles. The van der Waals surface area contributed by atoms with E-state index in [0.717, 1.165) is 32.1 Å². The molecule has 18 heavy (non-hydrogen) atoms. The Morgan fingerprint density at radius 3 is 2.67 bits per heavy atom. The van der Waals surface area contributed by atoms with E-state index in [9.17, 15) is 8.42 Å². The van der Waals surface area contributed by atoms with Crippen molar-refractivity contribution in [1.82, 2.24) is 4.31 Å². The zero-order valence-electron chi connectivity index (χ0n) is 11.0. The van der Waals surface area contributed by atoms with Crippen molar-refractivity contribution in [3.8, 4) is 0 Å². The van der Waals surface area contributed by atoms with Gasteiger partial charge in [-0.3, -0.25) is 0 Å². The molecule has 3 atom stereocenters. The van der Waals surface area contributed by atoms with Crippen molar-refractivity contribution in [3.05, 3.63) is 0 Å². The molecule has 1 aliphatic heterocycles. The zero-order chi connectivity index (χ0) is 13.2. The van der Waals surface area contributed by atoms with Crippen molar-refractivity contribution in [2.45, 2.75) is 44.2 Å². The van der Waals surface area contributed by atoms with Crippen LogP contribution < -0.4 is 5.73 Å². The van der Waals surface area contributed by atoms with Gasteiger partial charge in [0.05, 0.1) is 11.9 Å². The van der Waals surface area contributed by atoms with E-state index in [4.69, 9.17) is 10.5 Å². The van der Waals surface area contributed by atoms with Crippen LogP contribution in [-0.4, -0.2) is 50.8 Å².